The Morgan fingerprint density at radius 3 is 2.90 bits per heavy atom. The molecule has 1 saturated carbocycles. The van der Waals surface area contributed by atoms with E-state index >= 15 is 0 Å². The van der Waals surface area contributed by atoms with Gasteiger partial charge in [-0.05, 0) is 43.9 Å². The van der Waals surface area contributed by atoms with Gasteiger partial charge < -0.3 is 9.88 Å². The minimum atomic E-state index is -0.0281. The summed E-state index contributed by atoms with van der Waals surface area (Å²) in [6.45, 7) is 1.61. The Kier molecular flexibility index (Phi) is 3.61. The fourth-order valence-corrected chi connectivity index (χ4v) is 2.76. The van der Waals surface area contributed by atoms with Gasteiger partial charge in [0, 0.05) is 31.9 Å². The second-order valence-corrected chi connectivity index (χ2v) is 5.90. The molecule has 108 valence electrons. The van der Waals surface area contributed by atoms with Crippen molar-refractivity contribution in [1.29, 1.82) is 0 Å². The minimum Gasteiger partial charge on any atom is -0.352 e. The molecule has 0 bridgehead atoms. The lowest BCUT2D eigenvalue weighted by molar-refractivity contribution is -0.125. The first kappa shape index (κ1) is 13.4. The molecule has 1 saturated heterocycles. The number of likely N-dealkylation sites (tertiary alicyclic amines) is 1. The Hall–Kier alpha value is -1.62. The first-order chi connectivity index (χ1) is 9.63. The molecule has 1 aromatic rings. The topological polar surface area (TPSA) is 54.3 Å². The van der Waals surface area contributed by atoms with Crippen LogP contribution in [0.5, 0.6) is 0 Å². The molecule has 2 fully saturated rings. The zero-order chi connectivity index (χ0) is 14.1. The van der Waals surface area contributed by atoms with Gasteiger partial charge in [0.15, 0.2) is 0 Å². The zero-order valence-corrected chi connectivity index (χ0v) is 11.8. The van der Waals surface area contributed by atoms with E-state index in [9.17, 15) is 9.59 Å². The van der Waals surface area contributed by atoms with Gasteiger partial charge in [-0.3, -0.25) is 14.5 Å². The molecule has 20 heavy (non-hydrogen) atoms. The molecule has 0 spiro atoms. The number of hydrogen-bond donors (Lipinski definition) is 1. The molecule has 1 N–H and O–H groups in total. The van der Waals surface area contributed by atoms with Crippen molar-refractivity contribution in [3.63, 3.8) is 0 Å². The third kappa shape index (κ3) is 2.93. The van der Waals surface area contributed by atoms with Crippen molar-refractivity contribution in [2.45, 2.75) is 44.3 Å². The van der Waals surface area contributed by atoms with Gasteiger partial charge in [0.1, 0.15) is 0 Å². The number of carbonyl (C=O) groups excluding carboxylic acids is 1. The molecule has 0 aromatic carbocycles. The maximum absolute atomic E-state index is 12.2. The van der Waals surface area contributed by atoms with E-state index in [1.54, 1.807) is 23.9 Å². The Balaban J connectivity index is 1.66. The molecule has 0 unspecified atom stereocenters. The van der Waals surface area contributed by atoms with Crippen LogP contribution in [0, 0.1) is 0 Å². The van der Waals surface area contributed by atoms with Gasteiger partial charge >= 0.3 is 0 Å². The lowest BCUT2D eigenvalue weighted by Gasteiger charge is -2.23. The third-order valence-corrected chi connectivity index (χ3v) is 4.14. The SMILES string of the molecule is Cn1ccc(CN2CCC[C@@H]2C(=O)NC2CC2)cc1=O. The van der Waals surface area contributed by atoms with Crippen molar-refractivity contribution in [2.24, 2.45) is 7.05 Å². The number of carbonyl (C=O) groups is 1. The second kappa shape index (κ2) is 5.40. The Bertz CT molecular complexity index is 562. The summed E-state index contributed by atoms with van der Waals surface area (Å²) in [7, 11) is 1.74. The highest BCUT2D eigenvalue weighted by Gasteiger charge is 2.33. The summed E-state index contributed by atoms with van der Waals surface area (Å²) in [4.78, 5) is 26.0. The number of hydrogen-bond acceptors (Lipinski definition) is 3. The quantitative estimate of drug-likeness (QED) is 0.877. The number of amides is 1. The van der Waals surface area contributed by atoms with Crippen molar-refractivity contribution in [2.75, 3.05) is 6.54 Å². The number of rotatable bonds is 4. The van der Waals surface area contributed by atoms with Crippen LogP contribution in [0.3, 0.4) is 0 Å². The van der Waals surface area contributed by atoms with E-state index in [0.717, 1.165) is 37.8 Å². The second-order valence-electron chi connectivity index (χ2n) is 5.90. The molecule has 2 aliphatic rings. The summed E-state index contributed by atoms with van der Waals surface area (Å²) in [6, 6.07) is 4.00. The van der Waals surface area contributed by atoms with Gasteiger partial charge in [-0.25, -0.2) is 0 Å². The highest BCUT2D eigenvalue weighted by atomic mass is 16.2. The van der Waals surface area contributed by atoms with Gasteiger partial charge in [-0.1, -0.05) is 0 Å². The largest absolute Gasteiger partial charge is 0.352 e. The van der Waals surface area contributed by atoms with E-state index in [-0.39, 0.29) is 17.5 Å². The number of aromatic nitrogens is 1. The Morgan fingerprint density at radius 2 is 2.20 bits per heavy atom. The molecule has 2 heterocycles. The van der Waals surface area contributed by atoms with E-state index < -0.39 is 0 Å². The molecule has 3 rings (SSSR count). The predicted octanol–water partition coefficient (Wildman–Crippen LogP) is 0.628. The average Bonchev–Trinajstić information content (AvgIpc) is 3.10. The van der Waals surface area contributed by atoms with Crippen LogP contribution in [0.25, 0.3) is 0 Å². The smallest absolute Gasteiger partial charge is 0.250 e. The monoisotopic (exact) mass is 275 g/mol. The van der Waals surface area contributed by atoms with Crippen molar-refractivity contribution in [3.8, 4) is 0 Å². The highest BCUT2D eigenvalue weighted by molar-refractivity contribution is 5.82. The van der Waals surface area contributed by atoms with E-state index in [1.165, 1.54) is 0 Å². The molecule has 0 radical (unpaired) electrons. The van der Waals surface area contributed by atoms with Crippen LogP contribution in [0.4, 0.5) is 0 Å². The fraction of sp³-hybridized carbons (Fsp3) is 0.600. The van der Waals surface area contributed by atoms with E-state index in [1.807, 2.05) is 6.07 Å². The van der Waals surface area contributed by atoms with Crippen molar-refractivity contribution in [1.82, 2.24) is 14.8 Å². The zero-order valence-electron chi connectivity index (χ0n) is 11.8. The van der Waals surface area contributed by atoms with Gasteiger partial charge in [-0.15, -0.1) is 0 Å². The van der Waals surface area contributed by atoms with Crippen molar-refractivity contribution >= 4 is 5.91 Å². The van der Waals surface area contributed by atoms with E-state index in [2.05, 4.69) is 10.2 Å². The van der Waals surface area contributed by atoms with Crippen LogP contribution in [0.1, 0.15) is 31.2 Å². The maximum Gasteiger partial charge on any atom is 0.250 e. The third-order valence-electron chi connectivity index (χ3n) is 4.14. The first-order valence-corrected chi connectivity index (χ1v) is 7.33. The molecule has 5 heteroatoms. The molecule has 1 aromatic heterocycles. The molecule has 1 aliphatic carbocycles. The minimum absolute atomic E-state index is 0.000629. The van der Waals surface area contributed by atoms with Crippen LogP contribution in [-0.2, 0) is 18.4 Å². The molecular weight excluding hydrogens is 254 g/mol. The number of aryl methyl sites for hydroxylation is 1. The van der Waals surface area contributed by atoms with Crippen LogP contribution in [-0.4, -0.2) is 34.0 Å². The summed E-state index contributed by atoms with van der Waals surface area (Å²) >= 11 is 0. The molecule has 5 nitrogen and oxygen atoms in total. The van der Waals surface area contributed by atoms with Crippen molar-refractivity contribution < 1.29 is 4.79 Å². The van der Waals surface area contributed by atoms with Gasteiger partial charge in [0.2, 0.25) is 5.91 Å². The summed E-state index contributed by atoms with van der Waals surface area (Å²) in [5, 5.41) is 3.09. The average molecular weight is 275 g/mol. The van der Waals surface area contributed by atoms with Crippen molar-refractivity contribution in [3.05, 3.63) is 34.2 Å². The van der Waals surface area contributed by atoms with Crippen LogP contribution in [0.15, 0.2) is 23.1 Å². The van der Waals surface area contributed by atoms with Gasteiger partial charge in [-0.2, -0.15) is 0 Å². The molecule has 1 amide bonds. The van der Waals surface area contributed by atoms with Gasteiger partial charge in [0.05, 0.1) is 6.04 Å². The van der Waals surface area contributed by atoms with Crippen LogP contribution < -0.4 is 10.9 Å². The van der Waals surface area contributed by atoms with E-state index in [0.29, 0.717) is 12.6 Å². The van der Waals surface area contributed by atoms with Crippen LogP contribution >= 0.6 is 0 Å². The standard InChI is InChI=1S/C15H21N3O2/c1-17-8-6-11(9-14(17)19)10-18-7-2-3-13(18)15(20)16-12-4-5-12/h6,8-9,12-13H,2-5,7,10H2,1H3,(H,16,20)/t13-/m1/s1. The summed E-state index contributed by atoms with van der Waals surface area (Å²) in [5.41, 5.74) is 0.986. The summed E-state index contributed by atoms with van der Waals surface area (Å²) < 4.78 is 1.56. The normalized spacial score (nSPS) is 22.9. The highest BCUT2D eigenvalue weighted by Crippen LogP contribution is 2.23. The number of pyridine rings is 1. The van der Waals surface area contributed by atoms with E-state index in [4.69, 9.17) is 0 Å². The molecule has 1 aliphatic heterocycles. The maximum atomic E-state index is 12.2. The Morgan fingerprint density at radius 1 is 1.40 bits per heavy atom. The lowest BCUT2D eigenvalue weighted by atomic mass is 10.2. The molecular formula is C15H21N3O2. The number of nitrogens with one attached hydrogen (secondary N) is 1. The molecule has 1 atom stereocenters. The predicted molar refractivity (Wildman–Crippen MR) is 76.3 cm³/mol. The fourth-order valence-electron chi connectivity index (χ4n) is 2.76. The first-order valence-electron chi connectivity index (χ1n) is 7.33. The summed E-state index contributed by atoms with van der Waals surface area (Å²) in [6.07, 6.45) is 5.99. The van der Waals surface area contributed by atoms with Crippen LogP contribution in [0.2, 0.25) is 0 Å². The Labute approximate surface area is 118 Å². The number of nitrogens with zero attached hydrogens (tertiary/aromatic N) is 2. The summed E-state index contributed by atoms with van der Waals surface area (Å²) in [5.74, 6) is 0.161. The lowest BCUT2D eigenvalue weighted by Crippen LogP contribution is -2.43. The van der Waals surface area contributed by atoms with Gasteiger partial charge in [0.25, 0.3) is 5.56 Å².